The lowest BCUT2D eigenvalue weighted by Crippen LogP contribution is -2.17. The van der Waals surface area contributed by atoms with Gasteiger partial charge in [-0.25, -0.2) is 17.8 Å². The van der Waals surface area contributed by atoms with Gasteiger partial charge in [0, 0.05) is 31.0 Å². The molecule has 0 aliphatic rings. The molecule has 1 aromatic carbocycles. The van der Waals surface area contributed by atoms with Crippen molar-refractivity contribution < 1.29 is 12.8 Å². The van der Waals surface area contributed by atoms with Gasteiger partial charge < -0.3 is 0 Å². The van der Waals surface area contributed by atoms with Crippen LogP contribution in [-0.2, 0) is 9.84 Å². The highest BCUT2D eigenvalue weighted by molar-refractivity contribution is 7.91. The lowest BCUT2D eigenvalue weighted by molar-refractivity contribution is 0.571. The van der Waals surface area contributed by atoms with Crippen molar-refractivity contribution in [2.45, 2.75) is 17.3 Å². The van der Waals surface area contributed by atoms with Crippen molar-refractivity contribution in [3.8, 4) is 5.69 Å². The highest BCUT2D eigenvalue weighted by Crippen LogP contribution is 2.27. The van der Waals surface area contributed by atoms with Crippen LogP contribution in [0.15, 0.2) is 60.4 Å². The summed E-state index contributed by atoms with van der Waals surface area (Å²) >= 11 is 0. The quantitative estimate of drug-likeness (QED) is 0.733. The largest absolute Gasteiger partial charge is 0.291 e. The summed E-state index contributed by atoms with van der Waals surface area (Å²) in [4.78, 5) is 11.9. The first kappa shape index (κ1) is 15.3. The molecule has 0 unspecified atom stereocenters. The van der Waals surface area contributed by atoms with E-state index in [9.17, 15) is 12.8 Å². The van der Waals surface area contributed by atoms with Crippen LogP contribution in [0.4, 0.5) is 4.39 Å². The Bertz CT molecular complexity index is 925. The summed E-state index contributed by atoms with van der Waals surface area (Å²) in [6.45, 7) is 1.52. The fraction of sp³-hybridized carbons (Fsp3) is 0.133. The Kier molecular flexibility index (Phi) is 3.91. The van der Waals surface area contributed by atoms with E-state index in [0.717, 1.165) is 0 Å². The monoisotopic (exact) mass is 332 g/mol. The van der Waals surface area contributed by atoms with Crippen molar-refractivity contribution in [1.29, 1.82) is 0 Å². The van der Waals surface area contributed by atoms with Gasteiger partial charge in [0.05, 0.1) is 11.4 Å². The van der Waals surface area contributed by atoms with Crippen molar-refractivity contribution in [1.82, 2.24) is 19.5 Å². The second-order valence-corrected chi connectivity index (χ2v) is 7.04. The molecular weight excluding hydrogens is 319 g/mol. The summed E-state index contributed by atoms with van der Waals surface area (Å²) in [5.41, 5.74) is 0.703. The number of sulfone groups is 1. The minimum atomic E-state index is -3.81. The zero-order valence-electron chi connectivity index (χ0n) is 12.2. The molecule has 23 heavy (non-hydrogen) atoms. The maximum absolute atomic E-state index is 13.4. The van der Waals surface area contributed by atoms with Crippen LogP contribution >= 0.6 is 0 Å². The highest BCUT2D eigenvalue weighted by atomic mass is 32.2. The summed E-state index contributed by atoms with van der Waals surface area (Å²) in [5.74, 6) is -0.457. The Morgan fingerprint density at radius 2 is 2.00 bits per heavy atom. The molecule has 1 atom stereocenters. The second kappa shape index (κ2) is 5.88. The molecule has 0 bridgehead atoms. The number of hydrogen-bond acceptors (Lipinski definition) is 5. The predicted molar refractivity (Wildman–Crippen MR) is 81.2 cm³/mol. The molecule has 3 aromatic rings. The van der Waals surface area contributed by atoms with Gasteiger partial charge in [0.15, 0.2) is 0 Å². The van der Waals surface area contributed by atoms with E-state index in [1.807, 2.05) is 0 Å². The first-order valence-electron chi connectivity index (χ1n) is 6.79. The average Bonchev–Trinajstić information content (AvgIpc) is 3.05. The molecule has 118 valence electrons. The van der Waals surface area contributed by atoms with E-state index < -0.39 is 20.9 Å². The summed E-state index contributed by atoms with van der Waals surface area (Å²) in [5, 5.41) is -1.09. The molecule has 0 amide bonds. The Morgan fingerprint density at radius 3 is 2.70 bits per heavy atom. The van der Waals surface area contributed by atoms with E-state index in [1.54, 1.807) is 6.07 Å². The number of aromatic nitrogens is 4. The Morgan fingerprint density at radius 1 is 1.17 bits per heavy atom. The smallest absolute Gasteiger partial charge is 0.232 e. The summed E-state index contributed by atoms with van der Waals surface area (Å²) < 4.78 is 40.4. The number of hydrogen-bond donors (Lipinski definition) is 0. The molecule has 0 aliphatic heterocycles. The number of imidazole rings is 1. The van der Waals surface area contributed by atoms with Gasteiger partial charge in [0.2, 0.25) is 15.0 Å². The molecule has 0 aliphatic carbocycles. The van der Waals surface area contributed by atoms with Crippen LogP contribution in [0.25, 0.3) is 5.69 Å². The normalized spacial score (nSPS) is 13.0. The fourth-order valence-electron chi connectivity index (χ4n) is 2.16. The molecule has 0 N–H and O–H groups in total. The van der Waals surface area contributed by atoms with Crippen LogP contribution in [0, 0.1) is 5.82 Å². The number of nitrogens with zero attached hydrogens (tertiary/aromatic N) is 4. The first-order chi connectivity index (χ1) is 11.0. The van der Waals surface area contributed by atoms with E-state index in [-0.39, 0.29) is 5.16 Å². The van der Waals surface area contributed by atoms with Gasteiger partial charge in [-0.05, 0) is 25.1 Å². The zero-order valence-corrected chi connectivity index (χ0v) is 13.0. The van der Waals surface area contributed by atoms with Gasteiger partial charge in [0.1, 0.15) is 11.1 Å². The minimum absolute atomic E-state index is 0.166. The predicted octanol–water partition coefficient (Wildman–Crippen LogP) is 2.34. The van der Waals surface area contributed by atoms with Crippen LogP contribution in [0.1, 0.15) is 17.9 Å². The molecule has 0 radical (unpaired) electrons. The molecule has 0 saturated heterocycles. The third kappa shape index (κ3) is 2.85. The van der Waals surface area contributed by atoms with Gasteiger partial charge in [0.25, 0.3) is 0 Å². The maximum atomic E-state index is 13.4. The molecular formula is C15H13FN4O2S. The Balaban J connectivity index is 2.07. The van der Waals surface area contributed by atoms with Gasteiger partial charge in [-0.3, -0.25) is 14.5 Å². The summed E-state index contributed by atoms with van der Waals surface area (Å²) in [7, 11) is -3.81. The summed E-state index contributed by atoms with van der Waals surface area (Å²) in [6, 6.07) is 5.65. The third-order valence-electron chi connectivity index (χ3n) is 3.41. The van der Waals surface area contributed by atoms with Crippen LogP contribution < -0.4 is 0 Å². The van der Waals surface area contributed by atoms with E-state index >= 15 is 0 Å². The Hall–Kier alpha value is -2.61. The zero-order chi connectivity index (χ0) is 16.4. The molecule has 3 rings (SSSR count). The first-order valence-corrected chi connectivity index (χ1v) is 8.34. The molecule has 2 aromatic heterocycles. The molecule has 0 spiro atoms. The highest BCUT2D eigenvalue weighted by Gasteiger charge is 2.30. The van der Waals surface area contributed by atoms with Crippen LogP contribution in [-0.4, -0.2) is 27.9 Å². The Labute approximate surface area is 132 Å². The van der Waals surface area contributed by atoms with Gasteiger partial charge in [-0.1, -0.05) is 6.07 Å². The topological polar surface area (TPSA) is 77.7 Å². The van der Waals surface area contributed by atoms with Crippen LogP contribution in [0.3, 0.4) is 0 Å². The SMILES string of the molecule is C[C@@H](c1cnccn1)S(=O)(=O)c1nccn1-c1cccc(F)c1. The average molecular weight is 332 g/mol. The molecule has 8 heteroatoms. The molecule has 0 saturated carbocycles. The second-order valence-electron chi connectivity index (χ2n) is 4.88. The van der Waals surface area contributed by atoms with Gasteiger partial charge >= 0.3 is 0 Å². The lowest BCUT2D eigenvalue weighted by Gasteiger charge is -2.13. The van der Waals surface area contributed by atoms with Crippen LogP contribution in [0.2, 0.25) is 0 Å². The maximum Gasteiger partial charge on any atom is 0.232 e. The minimum Gasteiger partial charge on any atom is -0.291 e. The van der Waals surface area contributed by atoms with Crippen molar-refractivity contribution in [3.05, 3.63) is 66.8 Å². The van der Waals surface area contributed by atoms with Gasteiger partial charge in [-0.15, -0.1) is 0 Å². The van der Waals surface area contributed by atoms with Crippen LogP contribution in [0.5, 0.6) is 0 Å². The number of benzene rings is 1. The van der Waals surface area contributed by atoms with E-state index in [0.29, 0.717) is 11.4 Å². The van der Waals surface area contributed by atoms with Crippen molar-refractivity contribution in [2.75, 3.05) is 0 Å². The fourth-order valence-corrected chi connectivity index (χ4v) is 3.56. The lowest BCUT2D eigenvalue weighted by atomic mass is 10.3. The van der Waals surface area contributed by atoms with E-state index in [4.69, 9.17) is 0 Å². The number of halogens is 1. The molecule has 6 nitrogen and oxygen atoms in total. The summed E-state index contributed by atoms with van der Waals surface area (Å²) in [6.07, 6.45) is 7.14. The third-order valence-corrected chi connectivity index (χ3v) is 5.40. The van der Waals surface area contributed by atoms with Crippen molar-refractivity contribution >= 4 is 9.84 Å². The van der Waals surface area contributed by atoms with Crippen molar-refractivity contribution in [2.24, 2.45) is 0 Å². The van der Waals surface area contributed by atoms with Gasteiger partial charge in [-0.2, -0.15) is 0 Å². The van der Waals surface area contributed by atoms with E-state index in [2.05, 4.69) is 15.0 Å². The van der Waals surface area contributed by atoms with E-state index in [1.165, 1.54) is 60.7 Å². The van der Waals surface area contributed by atoms with Crippen molar-refractivity contribution in [3.63, 3.8) is 0 Å². The number of rotatable bonds is 4. The molecule has 0 fully saturated rings. The standard InChI is InChI=1S/C15H13FN4O2S/c1-11(14-10-17-5-6-18-14)23(21,22)15-19-7-8-20(15)13-4-2-3-12(16)9-13/h2-11H,1H3/t11-/m0/s1. The molecule has 2 heterocycles.